The van der Waals surface area contributed by atoms with Gasteiger partial charge >= 0.3 is 0 Å². The van der Waals surface area contributed by atoms with Gasteiger partial charge in [0, 0.05) is 17.7 Å². The number of phenols is 2. The summed E-state index contributed by atoms with van der Waals surface area (Å²) in [6.07, 6.45) is 0.762. The van der Waals surface area contributed by atoms with Gasteiger partial charge in [-0.2, -0.15) is 0 Å². The Hall–Kier alpha value is -0.930. The maximum absolute atomic E-state index is 9.35. The second kappa shape index (κ2) is 4.94. The van der Waals surface area contributed by atoms with Gasteiger partial charge in [-0.3, -0.25) is 0 Å². The third-order valence-electron chi connectivity index (χ3n) is 1.85. The molecule has 0 radical (unpaired) electrons. The summed E-state index contributed by atoms with van der Waals surface area (Å²) >= 11 is 0. The fourth-order valence-corrected chi connectivity index (χ4v) is 1.07. The molecule has 1 rings (SSSR count). The van der Waals surface area contributed by atoms with Crippen LogP contribution in [0.2, 0.25) is 0 Å². The molecule has 4 N–H and O–H groups in total. The average Bonchev–Trinajstić information content (AvgIpc) is 2.03. The van der Waals surface area contributed by atoms with Crippen molar-refractivity contribution in [2.24, 2.45) is 5.73 Å². The Labute approximate surface area is 83.6 Å². The first-order valence-electron chi connectivity index (χ1n) is 3.92. The summed E-state index contributed by atoms with van der Waals surface area (Å²) in [5.41, 5.74) is 6.38. The zero-order valence-electron chi connectivity index (χ0n) is 7.40. The molecule has 1 aromatic rings. The summed E-state index contributed by atoms with van der Waals surface area (Å²) in [6, 6.07) is 4.29. The standard InChI is InChI=1S/C9H13NO2.ClH/c1-2-8(10)7-4-3-6(11)5-9(7)12;/h3-5,8,11-12H,2,10H2,1H3;1H/t8-;/m0./s1. The first-order chi connectivity index (χ1) is 5.65. The quantitative estimate of drug-likeness (QED) is 0.688. The molecular formula is C9H14ClNO2. The summed E-state index contributed by atoms with van der Waals surface area (Å²) in [5, 5.41) is 18.3. The predicted molar refractivity (Wildman–Crippen MR) is 54.2 cm³/mol. The maximum atomic E-state index is 9.35. The van der Waals surface area contributed by atoms with Gasteiger partial charge in [0.15, 0.2) is 0 Å². The molecule has 1 aromatic carbocycles. The van der Waals surface area contributed by atoms with Crippen molar-refractivity contribution in [1.82, 2.24) is 0 Å². The Morgan fingerprint density at radius 2 is 2.00 bits per heavy atom. The highest BCUT2D eigenvalue weighted by Gasteiger charge is 2.08. The van der Waals surface area contributed by atoms with E-state index in [4.69, 9.17) is 10.8 Å². The number of rotatable bonds is 2. The number of hydrogen-bond donors (Lipinski definition) is 3. The van der Waals surface area contributed by atoms with Crippen molar-refractivity contribution in [3.8, 4) is 11.5 Å². The summed E-state index contributed by atoms with van der Waals surface area (Å²) in [5.74, 6) is 0.115. The van der Waals surface area contributed by atoms with Crippen LogP contribution in [0.3, 0.4) is 0 Å². The minimum absolute atomic E-state index is 0. The lowest BCUT2D eigenvalue weighted by atomic mass is 10.0. The zero-order valence-corrected chi connectivity index (χ0v) is 8.21. The second-order valence-electron chi connectivity index (χ2n) is 2.76. The summed E-state index contributed by atoms with van der Waals surface area (Å²) in [4.78, 5) is 0. The second-order valence-corrected chi connectivity index (χ2v) is 2.76. The van der Waals surface area contributed by atoms with Crippen LogP contribution in [0.4, 0.5) is 0 Å². The van der Waals surface area contributed by atoms with Crippen LogP contribution in [0.1, 0.15) is 24.9 Å². The fraction of sp³-hybridized carbons (Fsp3) is 0.333. The Morgan fingerprint density at radius 1 is 1.38 bits per heavy atom. The topological polar surface area (TPSA) is 66.5 Å². The van der Waals surface area contributed by atoms with Crippen molar-refractivity contribution in [2.45, 2.75) is 19.4 Å². The van der Waals surface area contributed by atoms with E-state index in [2.05, 4.69) is 0 Å². The Morgan fingerprint density at radius 3 is 2.46 bits per heavy atom. The summed E-state index contributed by atoms with van der Waals surface area (Å²) < 4.78 is 0. The third-order valence-corrected chi connectivity index (χ3v) is 1.85. The molecule has 0 spiro atoms. The highest BCUT2D eigenvalue weighted by molar-refractivity contribution is 5.85. The van der Waals surface area contributed by atoms with Crippen LogP contribution in [-0.2, 0) is 0 Å². The smallest absolute Gasteiger partial charge is 0.124 e. The van der Waals surface area contributed by atoms with Crippen LogP contribution in [0.5, 0.6) is 11.5 Å². The molecule has 0 aliphatic carbocycles. The minimum atomic E-state index is -0.161. The number of aromatic hydroxyl groups is 2. The molecule has 0 aliphatic rings. The SMILES string of the molecule is CC[C@H](N)c1ccc(O)cc1O.Cl. The Kier molecular flexibility index (Phi) is 4.59. The van der Waals surface area contributed by atoms with E-state index in [-0.39, 0.29) is 29.9 Å². The highest BCUT2D eigenvalue weighted by Crippen LogP contribution is 2.27. The highest BCUT2D eigenvalue weighted by atomic mass is 35.5. The number of nitrogens with two attached hydrogens (primary N) is 1. The number of benzene rings is 1. The van der Waals surface area contributed by atoms with E-state index < -0.39 is 0 Å². The molecule has 0 saturated heterocycles. The van der Waals surface area contributed by atoms with Crippen LogP contribution in [0, 0.1) is 0 Å². The molecule has 3 nitrogen and oxygen atoms in total. The molecule has 4 heteroatoms. The molecule has 0 heterocycles. The minimum Gasteiger partial charge on any atom is -0.508 e. The molecule has 13 heavy (non-hydrogen) atoms. The molecule has 0 aliphatic heterocycles. The van der Waals surface area contributed by atoms with E-state index in [0.717, 1.165) is 6.42 Å². The van der Waals surface area contributed by atoms with Gasteiger partial charge in [-0.1, -0.05) is 13.0 Å². The Bertz CT molecular complexity index is 278. The van der Waals surface area contributed by atoms with E-state index in [9.17, 15) is 5.11 Å². The monoisotopic (exact) mass is 203 g/mol. The van der Waals surface area contributed by atoms with Gasteiger partial charge in [-0.25, -0.2) is 0 Å². The van der Waals surface area contributed by atoms with E-state index in [0.29, 0.717) is 5.56 Å². The van der Waals surface area contributed by atoms with Gasteiger partial charge in [0.05, 0.1) is 0 Å². The van der Waals surface area contributed by atoms with Crippen molar-refractivity contribution in [3.63, 3.8) is 0 Å². The molecule has 1 atom stereocenters. The van der Waals surface area contributed by atoms with E-state index >= 15 is 0 Å². The van der Waals surface area contributed by atoms with Gasteiger partial charge < -0.3 is 15.9 Å². The normalized spacial score (nSPS) is 11.8. The first kappa shape index (κ1) is 12.1. The lowest BCUT2D eigenvalue weighted by Gasteiger charge is -2.10. The molecule has 0 fully saturated rings. The van der Waals surface area contributed by atoms with Gasteiger partial charge in [0.1, 0.15) is 11.5 Å². The van der Waals surface area contributed by atoms with Crippen molar-refractivity contribution in [2.75, 3.05) is 0 Å². The molecule has 0 aromatic heterocycles. The van der Waals surface area contributed by atoms with Gasteiger partial charge in [0.25, 0.3) is 0 Å². The number of phenolic OH excluding ortho intramolecular Hbond substituents is 2. The van der Waals surface area contributed by atoms with Gasteiger partial charge in [0.2, 0.25) is 0 Å². The first-order valence-corrected chi connectivity index (χ1v) is 3.92. The van der Waals surface area contributed by atoms with Crippen LogP contribution in [0.25, 0.3) is 0 Å². The molecule has 0 bridgehead atoms. The molecule has 0 saturated carbocycles. The predicted octanol–water partition coefficient (Wildman–Crippen LogP) is 1.93. The van der Waals surface area contributed by atoms with E-state index in [1.165, 1.54) is 12.1 Å². The Balaban J connectivity index is 0.00000144. The largest absolute Gasteiger partial charge is 0.508 e. The van der Waals surface area contributed by atoms with Crippen molar-refractivity contribution < 1.29 is 10.2 Å². The maximum Gasteiger partial charge on any atom is 0.124 e. The van der Waals surface area contributed by atoms with Gasteiger partial charge in [-0.05, 0) is 12.5 Å². The average molecular weight is 204 g/mol. The van der Waals surface area contributed by atoms with Crippen LogP contribution in [0.15, 0.2) is 18.2 Å². The fourth-order valence-electron chi connectivity index (χ4n) is 1.07. The molecular weight excluding hydrogens is 190 g/mol. The summed E-state index contributed by atoms with van der Waals surface area (Å²) in [6.45, 7) is 1.94. The van der Waals surface area contributed by atoms with E-state index in [1.807, 2.05) is 6.92 Å². The number of hydrogen-bond acceptors (Lipinski definition) is 3. The zero-order chi connectivity index (χ0) is 9.14. The molecule has 0 amide bonds. The lowest BCUT2D eigenvalue weighted by molar-refractivity contribution is 0.441. The van der Waals surface area contributed by atoms with Crippen molar-refractivity contribution in [1.29, 1.82) is 0 Å². The molecule has 74 valence electrons. The summed E-state index contributed by atoms with van der Waals surface area (Å²) in [7, 11) is 0. The third kappa shape index (κ3) is 2.79. The van der Waals surface area contributed by atoms with Crippen LogP contribution < -0.4 is 5.73 Å². The lowest BCUT2D eigenvalue weighted by Crippen LogP contribution is -2.08. The molecule has 0 unspecified atom stereocenters. The van der Waals surface area contributed by atoms with E-state index in [1.54, 1.807) is 6.07 Å². The van der Waals surface area contributed by atoms with Crippen LogP contribution >= 0.6 is 12.4 Å². The van der Waals surface area contributed by atoms with Crippen molar-refractivity contribution >= 4 is 12.4 Å². The van der Waals surface area contributed by atoms with Gasteiger partial charge in [-0.15, -0.1) is 12.4 Å². The van der Waals surface area contributed by atoms with Crippen LogP contribution in [-0.4, -0.2) is 10.2 Å². The number of halogens is 1. The van der Waals surface area contributed by atoms with Crippen molar-refractivity contribution in [3.05, 3.63) is 23.8 Å².